The summed E-state index contributed by atoms with van der Waals surface area (Å²) >= 11 is 0. The van der Waals surface area contributed by atoms with E-state index in [0.29, 0.717) is 6.42 Å². The topological polar surface area (TPSA) is 49.3 Å². The molecule has 2 rings (SSSR count). The van der Waals surface area contributed by atoms with Gasteiger partial charge in [0.2, 0.25) is 0 Å². The van der Waals surface area contributed by atoms with E-state index in [2.05, 4.69) is 5.32 Å². The third kappa shape index (κ3) is 3.18. The van der Waals surface area contributed by atoms with Crippen molar-refractivity contribution >= 4 is 11.7 Å². The van der Waals surface area contributed by atoms with Gasteiger partial charge in [0.25, 0.3) is 0 Å². The largest absolute Gasteiger partial charge is 0.481 e. The van der Waals surface area contributed by atoms with E-state index < -0.39 is 11.9 Å². The van der Waals surface area contributed by atoms with Gasteiger partial charge in [-0.1, -0.05) is 42.5 Å². The summed E-state index contributed by atoms with van der Waals surface area (Å²) in [7, 11) is 1.82. The molecule has 0 radical (unpaired) electrons. The van der Waals surface area contributed by atoms with Gasteiger partial charge in [-0.15, -0.1) is 0 Å². The van der Waals surface area contributed by atoms with Crippen LogP contribution in [0, 0.1) is 6.92 Å². The summed E-state index contributed by atoms with van der Waals surface area (Å²) in [6, 6.07) is 15.6. The summed E-state index contributed by atoms with van der Waals surface area (Å²) < 4.78 is 0. The van der Waals surface area contributed by atoms with Crippen molar-refractivity contribution in [1.82, 2.24) is 0 Å². The molecule has 0 saturated heterocycles. The molecule has 0 saturated carbocycles. The molecule has 20 heavy (non-hydrogen) atoms. The van der Waals surface area contributed by atoms with Gasteiger partial charge in [0, 0.05) is 12.7 Å². The molecule has 104 valence electrons. The molecule has 2 aromatic rings. The number of benzene rings is 2. The first kappa shape index (κ1) is 14.1. The molecule has 0 aromatic heterocycles. The minimum atomic E-state index is -0.797. The number of anilines is 1. The van der Waals surface area contributed by atoms with Crippen LogP contribution in [-0.2, 0) is 11.2 Å². The molecule has 0 bridgehead atoms. The van der Waals surface area contributed by atoms with Crippen LogP contribution in [0.3, 0.4) is 0 Å². The molecular weight excluding hydrogens is 250 g/mol. The number of carbonyl (C=O) groups is 1. The van der Waals surface area contributed by atoms with E-state index in [4.69, 9.17) is 0 Å². The maximum Gasteiger partial charge on any atom is 0.311 e. The highest BCUT2D eigenvalue weighted by Crippen LogP contribution is 2.28. The Morgan fingerprint density at radius 1 is 1.20 bits per heavy atom. The summed E-state index contributed by atoms with van der Waals surface area (Å²) in [5.74, 6) is -1.34. The molecule has 2 aromatic carbocycles. The maximum atomic E-state index is 11.6. The van der Waals surface area contributed by atoms with Gasteiger partial charge < -0.3 is 10.4 Å². The Hall–Kier alpha value is -2.29. The second kappa shape index (κ2) is 6.24. The average Bonchev–Trinajstić information content (AvgIpc) is 2.46. The van der Waals surface area contributed by atoms with Crippen LogP contribution in [0.2, 0.25) is 0 Å². The summed E-state index contributed by atoms with van der Waals surface area (Å²) in [5, 5.41) is 12.6. The predicted molar refractivity (Wildman–Crippen MR) is 81.2 cm³/mol. The van der Waals surface area contributed by atoms with Crippen LogP contribution in [0.5, 0.6) is 0 Å². The first-order valence-corrected chi connectivity index (χ1v) is 6.67. The SMILES string of the molecule is CNc1cc(C)ccc1C(Cc1ccccc1)C(=O)O. The summed E-state index contributed by atoms with van der Waals surface area (Å²) in [5.41, 5.74) is 3.85. The van der Waals surface area contributed by atoms with E-state index in [1.165, 1.54) is 0 Å². The lowest BCUT2D eigenvalue weighted by Crippen LogP contribution is -2.16. The average molecular weight is 269 g/mol. The van der Waals surface area contributed by atoms with E-state index in [9.17, 15) is 9.90 Å². The molecule has 3 heteroatoms. The number of carboxylic acids is 1. The van der Waals surface area contributed by atoms with Gasteiger partial charge in [0.1, 0.15) is 0 Å². The van der Waals surface area contributed by atoms with Crippen molar-refractivity contribution in [1.29, 1.82) is 0 Å². The summed E-state index contributed by atoms with van der Waals surface area (Å²) in [4.78, 5) is 11.6. The van der Waals surface area contributed by atoms with Crippen LogP contribution in [0.25, 0.3) is 0 Å². The monoisotopic (exact) mass is 269 g/mol. The minimum absolute atomic E-state index is 0.494. The minimum Gasteiger partial charge on any atom is -0.481 e. The number of aryl methyl sites for hydroxylation is 1. The molecule has 0 aliphatic carbocycles. The lowest BCUT2D eigenvalue weighted by molar-refractivity contribution is -0.138. The molecule has 0 aliphatic heterocycles. The Morgan fingerprint density at radius 3 is 2.50 bits per heavy atom. The number of rotatable bonds is 5. The van der Waals surface area contributed by atoms with E-state index in [1.54, 1.807) is 0 Å². The molecule has 2 N–H and O–H groups in total. The molecule has 3 nitrogen and oxygen atoms in total. The summed E-state index contributed by atoms with van der Waals surface area (Å²) in [6.45, 7) is 2.00. The van der Waals surface area contributed by atoms with Crippen molar-refractivity contribution in [3.8, 4) is 0 Å². The van der Waals surface area contributed by atoms with Crippen LogP contribution >= 0.6 is 0 Å². The van der Waals surface area contributed by atoms with Crippen molar-refractivity contribution in [3.05, 3.63) is 65.2 Å². The fourth-order valence-electron chi connectivity index (χ4n) is 2.37. The number of nitrogens with one attached hydrogen (secondary N) is 1. The maximum absolute atomic E-state index is 11.6. The third-order valence-corrected chi connectivity index (χ3v) is 3.43. The van der Waals surface area contributed by atoms with Crippen molar-refractivity contribution in [2.75, 3.05) is 12.4 Å². The molecule has 0 aliphatic rings. The number of aliphatic carboxylic acids is 1. The number of hydrogen-bond donors (Lipinski definition) is 2. The van der Waals surface area contributed by atoms with Gasteiger partial charge in [0.05, 0.1) is 5.92 Å². The van der Waals surface area contributed by atoms with Gasteiger partial charge in [-0.2, -0.15) is 0 Å². The highest BCUT2D eigenvalue weighted by Gasteiger charge is 2.22. The lowest BCUT2D eigenvalue weighted by Gasteiger charge is -2.17. The Bertz CT molecular complexity index is 593. The van der Waals surface area contributed by atoms with Gasteiger partial charge in [-0.05, 0) is 36.1 Å². The van der Waals surface area contributed by atoms with Gasteiger partial charge in [0.15, 0.2) is 0 Å². The highest BCUT2D eigenvalue weighted by atomic mass is 16.4. The van der Waals surface area contributed by atoms with Crippen LogP contribution < -0.4 is 5.32 Å². The molecule has 0 fully saturated rings. The molecule has 1 atom stereocenters. The van der Waals surface area contributed by atoms with E-state index in [-0.39, 0.29) is 0 Å². The quantitative estimate of drug-likeness (QED) is 0.874. The molecule has 1 unspecified atom stereocenters. The van der Waals surface area contributed by atoms with Crippen LogP contribution in [-0.4, -0.2) is 18.1 Å². The number of hydrogen-bond acceptors (Lipinski definition) is 2. The first-order valence-electron chi connectivity index (χ1n) is 6.67. The van der Waals surface area contributed by atoms with E-state index >= 15 is 0 Å². The van der Waals surface area contributed by atoms with Crippen molar-refractivity contribution in [3.63, 3.8) is 0 Å². The zero-order chi connectivity index (χ0) is 14.5. The lowest BCUT2D eigenvalue weighted by atomic mass is 9.90. The number of carboxylic acid groups (broad SMARTS) is 1. The van der Waals surface area contributed by atoms with Gasteiger partial charge in [-0.3, -0.25) is 4.79 Å². The highest BCUT2D eigenvalue weighted by molar-refractivity contribution is 5.79. The molecular formula is C17H19NO2. The fraction of sp³-hybridized carbons (Fsp3) is 0.235. The molecule has 0 heterocycles. The molecule has 0 amide bonds. The second-order valence-electron chi connectivity index (χ2n) is 4.92. The smallest absolute Gasteiger partial charge is 0.311 e. The zero-order valence-corrected chi connectivity index (χ0v) is 11.8. The summed E-state index contributed by atoms with van der Waals surface area (Å²) in [6.07, 6.45) is 0.494. The van der Waals surface area contributed by atoms with Gasteiger partial charge in [-0.25, -0.2) is 0 Å². The van der Waals surface area contributed by atoms with Crippen LogP contribution in [0.1, 0.15) is 22.6 Å². The van der Waals surface area contributed by atoms with Crippen molar-refractivity contribution < 1.29 is 9.90 Å². The van der Waals surface area contributed by atoms with E-state index in [0.717, 1.165) is 22.4 Å². The fourth-order valence-corrected chi connectivity index (χ4v) is 2.37. The predicted octanol–water partition coefficient (Wildman–Crippen LogP) is 3.45. The van der Waals surface area contributed by atoms with Gasteiger partial charge >= 0.3 is 5.97 Å². The van der Waals surface area contributed by atoms with Crippen LogP contribution in [0.4, 0.5) is 5.69 Å². The first-order chi connectivity index (χ1) is 9.61. The normalized spacial score (nSPS) is 11.9. The molecule has 0 spiro atoms. The Balaban J connectivity index is 2.36. The van der Waals surface area contributed by atoms with E-state index in [1.807, 2.05) is 62.5 Å². The Kier molecular flexibility index (Phi) is 4.41. The third-order valence-electron chi connectivity index (χ3n) is 3.43. The zero-order valence-electron chi connectivity index (χ0n) is 11.8. The standard InChI is InChI=1S/C17H19NO2/c1-12-8-9-14(16(10-12)18-2)15(17(19)20)11-13-6-4-3-5-7-13/h3-10,15,18H,11H2,1-2H3,(H,19,20). The van der Waals surface area contributed by atoms with Crippen LogP contribution in [0.15, 0.2) is 48.5 Å². The second-order valence-corrected chi connectivity index (χ2v) is 4.92. The van der Waals surface area contributed by atoms with Crippen molar-refractivity contribution in [2.24, 2.45) is 0 Å². The Labute approximate surface area is 119 Å². The van der Waals surface area contributed by atoms with Crippen molar-refractivity contribution in [2.45, 2.75) is 19.3 Å². The Morgan fingerprint density at radius 2 is 1.90 bits per heavy atom.